The zero-order valence-corrected chi connectivity index (χ0v) is 31.2. The Morgan fingerprint density at radius 1 is 1.13 bits per heavy atom. The lowest BCUT2D eigenvalue weighted by Gasteiger charge is -2.30. The summed E-state index contributed by atoms with van der Waals surface area (Å²) in [6.07, 6.45) is 5.31. The SMILES string of the molecule is COc1cccc2c(C(=O)CNC(=O)c3nc4oc3C35C6=C(CCC=C6)NC3Oc3ccc(cc35)C[C@H](NC(=O)C(O)C(C)C)C(=O)N[C@H]4C(C)C)c[nH]c12. The summed E-state index contributed by atoms with van der Waals surface area (Å²) < 4.78 is 18.8. The highest BCUT2D eigenvalue weighted by molar-refractivity contribution is 6.11. The van der Waals surface area contributed by atoms with Gasteiger partial charge in [0.15, 0.2) is 23.5 Å². The number of hydrogen-bond donors (Lipinski definition) is 6. The van der Waals surface area contributed by atoms with Crippen molar-refractivity contribution in [2.75, 3.05) is 13.7 Å². The molecule has 4 bridgehead atoms. The van der Waals surface area contributed by atoms with Crippen molar-refractivity contribution < 1.29 is 38.2 Å². The summed E-state index contributed by atoms with van der Waals surface area (Å²) in [6, 6.07) is 9.07. The summed E-state index contributed by atoms with van der Waals surface area (Å²) in [6.45, 7) is 6.87. The molecule has 3 unspecified atom stereocenters. The Labute approximate surface area is 317 Å². The van der Waals surface area contributed by atoms with Crippen molar-refractivity contribution in [3.05, 3.63) is 100 Å². The number of benzene rings is 2. The van der Waals surface area contributed by atoms with E-state index in [1.54, 1.807) is 39.3 Å². The van der Waals surface area contributed by atoms with E-state index < -0.39 is 47.6 Å². The second-order valence-corrected chi connectivity index (χ2v) is 15.2. The van der Waals surface area contributed by atoms with E-state index in [9.17, 15) is 24.3 Å². The van der Waals surface area contributed by atoms with Crippen molar-refractivity contribution in [3.8, 4) is 11.5 Å². The number of aliphatic hydroxyl groups is 1. The van der Waals surface area contributed by atoms with Crippen molar-refractivity contribution in [3.63, 3.8) is 0 Å². The molecule has 0 saturated carbocycles. The zero-order chi connectivity index (χ0) is 38.8. The number of amides is 3. The van der Waals surface area contributed by atoms with E-state index in [4.69, 9.17) is 18.9 Å². The van der Waals surface area contributed by atoms with Crippen LogP contribution in [-0.4, -0.2) is 70.6 Å². The van der Waals surface area contributed by atoms with Crippen LogP contribution in [0.1, 0.15) is 90.2 Å². The number of aromatic amines is 1. The molecule has 1 spiro atoms. The lowest BCUT2D eigenvalue weighted by molar-refractivity contribution is -0.135. The Morgan fingerprint density at radius 2 is 1.95 bits per heavy atom. The molecule has 2 aromatic carbocycles. The van der Waals surface area contributed by atoms with Gasteiger partial charge in [-0.25, -0.2) is 4.98 Å². The average Bonchev–Trinajstić information content (AvgIpc) is 3.94. The van der Waals surface area contributed by atoms with E-state index in [-0.39, 0.29) is 47.9 Å². The van der Waals surface area contributed by atoms with Crippen molar-refractivity contribution >= 4 is 34.4 Å². The number of methoxy groups -OCH3 is 1. The van der Waals surface area contributed by atoms with Crippen LogP contribution in [0.4, 0.5) is 0 Å². The number of oxazole rings is 1. The van der Waals surface area contributed by atoms with Crippen LogP contribution in [-0.2, 0) is 21.4 Å². The summed E-state index contributed by atoms with van der Waals surface area (Å²) in [7, 11) is 1.55. The van der Waals surface area contributed by atoms with Gasteiger partial charge < -0.3 is 45.2 Å². The van der Waals surface area contributed by atoms with Crippen LogP contribution in [0, 0.1) is 11.8 Å². The lowest BCUT2D eigenvalue weighted by atomic mass is 9.70. The van der Waals surface area contributed by atoms with Gasteiger partial charge in [0, 0.05) is 34.8 Å². The first kappa shape index (κ1) is 36.1. The van der Waals surface area contributed by atoms with Gasteiger partial charge in [-0.15, -0.1) is 0 Å². The van der Waals surface area contributed by atoms with Crippen LogP contribution < -0.4 is 30.7 Å². The van der Waals surface area contributed by atoms with E-state index in [0.29, 0.717) is 45.5 Å². The van der Waals surface area contributed by atoms with Crippen LogP contribution in [0.3, 0.4) is 0 Å². The van der Waals surface area contributed by atoms with E-state index >= 15 is 0 Å². The van der Waals surface area contributed by atoms with E-state index in [0.717, 1.165) is 17.7 Å². The zero-order valence-electron chi connectivity index (χ0n) is 31.2. The number of rotatable bonds is 9. The number of fused-ring (bicyclic) bond motifs is 4. The molecule has 3 aliphatic heterocycles. The molecule has 2 aromatic heterocycles. The third-order valence-corrected chi connectivity index (χ3v) is 11.0. The molecule has 4 aliphatic rings. The molecule has 14 nitrogen and oxygen atoms in total. The van der Waals surface area contributed by atoms with Gasteiger partial charge in [0.05, 0.1) is 19.2 Å². The minimum absolute atomic E-state index is 0.0474. The van der Waals surface area contributed by atoms with Gasteiger partial charge in [-0.1, -0.05) is 64.1 Å². The number of nitrogens with zero attached hydrogens (tertiary/aromatic N) is 1. The summed E-state index contributed by atoms with van der Waals surface area (Å²) >= 11 is 0. The number of hydrogen-bond acceptors (Lipinski definition) is 10. The van der Waals surface area contributed by atoms with Crippen LogP contribution in [0.25, 0.3) is 10.9 Å². The Bertz CT molecular complexity index is 2300. The van der Waals surface area contributed by atoms with Gasteiger partial charge in [0.2, 0.25) is 17.7 Å². The normalized spacial score (nSPS) is 22.9. The molecule has 0 radical (unpaired) electrons. The third kappa shape index (κ3) is 5.86. The molecule has 1 aliphatic carbocycles. The molecule has 5 heterocycles. The number of carbonyl (C=O) groups is 4. The molecule has 55 heavy (non-hydrogen) atoms. The highest BCUT2D eigenvalue weighted by Crippen LogP contribution is 2.57. The molecular weight excluding hydrogens is 704 g/mol. The molecule has 4 aromatic rings. The van der Waals surface area contributed by atoms with E-state index in [1.165, 1.54) is 0 Å². The van der Waals surface area contributed by atoms with Gasteiger partial charge in [0.25, 0.3) is 5.91 Å². The van der Waals surface area contributed by atoms with Gasteiger partial charge in [-0.05, 0) is 47.9 Å². The summed E-state index contributed by atoms with van der Waals surface area (Å²) in [4.78, 5) is 63.2. The van der Waals surface area contributed by atoms with Crippen LogP contribution in [0.2, 0.25) is 0 Å². The summed E-state index contributed by atoms with van der Waals surface area (Å²) in [5.41, 5.74) is 3.07. The predicted octanol–water partition coefficient (Wildman–Crippen LogP) is 3.86. The molecule has 8 rings (SSSR count). The monoisotopic (exact) mass is 748 g/mol. The summed E-state index contributed by atoms with van der Waals surface area (Å²) in [5, 5.41) is 23.4. The standard InChI is InChI=1S/C41H44N6O8/c1-19(2)31-39-47-33(37(51)43-18-28(48)23-17-42-32-22(23)9-8-12-30(32)53-5)35(55-39)41-24-10-6-7-11-26(24)45-40(41)54-29-14-13-21(15-25(29)41)16-27(36(50)46-31)44-38(52)34(49)20(3)4/h6,8-10,12-15,17,19-20,27,31,34,40,42,45,49H,7,11,16,18H2,1-5H3,(H,43,51)(H,44,52)(H,46,50)/t27-,31-,34?,40?,41?/m0/s1. The summed E-state index contributed by atoms with van der Waals surface area (Å²) in [5.74, 6) is -1.35. The fraction of sp³-hybridized carbons (Fsp3) is 0.390. The highest BCUT2D eigenvalue weighted by Gasteiger charge is 2.61. The van der Waals surface area contributed by atoms with Gasteiger partial charge in [-0.2, -0.15) is 0 Å². The maximum Gasteiger partial charge on any atom is 0.273 e. The first-order chi connectivity index (χ1) is 26.4. The number of ether oxygens (including phenoxy) is 2. The van der Waals surface area contributed by atoms with Crippen molar-refractivity contribution in [1.29, 1.82) is 0 Å². The lowest BCUT2D eigenvalue weighted by Crippen LogP contribution is -2.52. The van der Waals surface area contributed by atoms with Gasteiger partial charge in [-0.3, -0.25) is 19.2 Å². The highest BCUT2D eigenvalue weighted by atomic mass is 16.5. The molecular formula is C41H44N6O8. The topological polar surface area (TPSA) is 197 Å². The second kappa shape index (κ2) is 13.8. The van der Waals surface area contributed by atoms with Crippen LogP contribution in [0.15, 0.2) is 70.4 Å². The van der Waals surface area contributed by atoms with Crippen LogP contribution >= 0.6 is 0 Å². The smallest absolute Gasteiger partial charge is 0.273 e. The Balaban J connectivity index is 1.24. The number of H-pyrrole nitrogens is 1. The minimum atomic E-state index is -1.32. The minimum Gasteiger partial charge on any atom is -0.495 e. The largest absolute Gasteiger partial charge is 0.495 e. The van der Waals surface area contributed by atoms with Crippen molar-refractivity contribution in [2.24, 2.45) is 11.8 Å². The molecule has 0 fully saturated rings. The molecule has 0 saturated heterocycles. The number of aromatic nitrogens is 2. The first-order valence-corrected chi connectivity index (χ1v) is 18.6. The third-order valence-electron chi connectivity index (χ3n) is 11.0. The predicted molar refractivity (Wildman–Crippen MR) is 200 cm³/mol. The molecule has 14 heteroatoms. The van der Waals surface area contributed by atoms with Gasteiger partial charge >= 0.3 is 0 Å². The number of para-hydroxylation sites is 1. The Hall–Kier alpha value is -5.89. The van der Waals surface area contributed by atoms with E-state index in [2.05, 4.69) is 32.3 Å². The van der Waals surface area contributed by atoms with Crippen LogP contribution in [0.5, 0.6) is 11.5 Å². The number of carbonyl (C=O) groups excluding carboxylic acids is 4. The Kier molecular flexibility index (Phi) is 9.03. The quantitative estimate of drug-likeness (QED) is 0.137. The number of ketones is 1. The molecule has 286 valence electrons. The number of aliphatic hydroxyl groups excluding tert-OH is 1. The fourth-order valence-corrected chi connectivity index (χ4v) is 8.13. The molecule has 5 atom stereocenters. The first-order valence-electron chi connectivity index (χ1n) is 18.6. The molecule has 3 amide bonds. The number of Topliss-reactive ketones (excluding diaryl/α,β-unsaturated/α-hetero) is 1. The maximum atomic E-state index is 14.4. The Morgan fingerprint density at radius 3 is 2.71 bits per heavy atom. The van der Waals surface area contributed by atoms with E-state index in [1.807, 2.05) is 44.2 Å². The van der Waals surface area contributed by atoms with Crippen molar-refractivity contribution in [1.82, 2.24) is 31.2 Å². The van der Waals surface area contributed by atoms with Gasteiger partial charge in [0.1, 0.15) is 35.1 Å². The average molecular weight is 749 g/mol. The number of nitrogens with one attached hydrogen (secondary N) is 5. The second-order valence-electron chi connectivity index (χ2n) is 15.2. The fourth-order valence-electron chi connectivity index (χ4n) is 8.13. The maximum absolute atomic E-state index is 14.4. The number of allylic oxidation sites excluding steroid dienone is 3. The molecule has 6 N–H and O–H groups in total. The van der Waals surface area contributed by atoms with Crippen molar-refractivity contribution in [2.45, 2.75) is 76.8 Å².